The monoisotopic (exact) mass is 400 g/mol. The number of hydrogen-bond acceptors (Lipinski definition) is 4. The molecule has 2 amide bonds. The van der Waals surface area contributed by atoms with Gasteiger partial charge >= 0.3 is 5.97 Å². The molecule has 0 aliphatic heterocycles. The fourth-order valence-corrected chi connectivity index (χ4v) is 3.20. The predicted octanol–water partition coefficient (Wildman–Crippen LogP) is 3.30. The van der Waals surface area contributed by atoms with Crippen LogP contribution >= 0.6 is 0 Å². The van der Waals surface area contributed by atoms with Crippen LogP contribution in [-0.2, 0) is 14.3 Å². The van der Waals surface area contributed by atoms with E-state index in [1.807, 2.05) is 32.9 Å². The van der Waals surface area contributed by atoms with E-state index >= 15 is 0 Å². The molecule has 1 aliphatic carbocycles. The first-order valence-corrected chi connectivity index (χ1v) is 10.4. The zero-order valence-electron chi connectivity index (χ0n) is 17.6. The van der Waals surface area contributed by atoms with Crippen LogP contribution in [0.2, 0.25) is 0 Å². The third-order valence-corrected chi connectivity index (χ3v) is 5.02. The quantitative estimate of drug-likeness (QED) is 0.492. The molecule has 1 aromatic carbocycles. The summed E-state index contributed by atoms with van der Waals surface area (Å²) in [6.45, 7) is 5.77. The molecule has 1 unspecified atom stereocenters. The maximum atomic E-state index is 12.4. The molecule has 0 fully saturated rings. The van der Waals surface area contributed by atoms with E-state index < -0.39 is 12.0 Å². The smallest absolute Gasteiger partial charge is 0.329 e. The Bertz CT molecular complexity index is 738. The molecule has 0 bridgehead atoms. The lowest BCUT2D eigenvalue weighted by molar-refractivity contribution is -0.151. The van der Waals surface area contributed by atoms with Crippen molar-refractivity contribution >= 4 is 17.8 Å². The normalized spacial score (nSPS) is 14.7. The van der Waals surface area contributed by atoms with E-state index in [0.29, 0.717) is 12.1 Å². The zero-order chi connectivity index (χ0) is 21.2. The van der Waals surface area contributed by atoms with Crippen molar-refractivity contribution in [1.82, 2.24) is 10.6 Å². The van der Waals surface area contributed by atoms with Gasteiger partial charge in [0, 0.05) is 12.1 Å². The van der Waals surface area contributed by atoms with Gasteiger partial charge in [0.15, 0.2) is 6.61 Å². The van der Waals surface area contributed by atoms with Crippen LogP contribution < -0.4 is 10.6 Å². The Balaban J connectivity index is 1.77. The van der Waals surface area contributed by atoms with Gasteiger partial charge in [0.1, 0.15) is 6.04 Å². The van der Waals surface area contributed by atoms with Crippen LogP contribution in [0.15, 0.2) is 35.9 Å². The molecule has 0 saturated heterocycles. The van der Waals surface area contributed by atoms with E-state index in [9.17, 15) is 14.4 Å². The van der Waals surface area contributed by atoms with Crippen molar-refractivity contribution in [1.29, 1.82) is 0 Å². The number of carbonyl (C=O) groups excluding carboxylic acids is 3. The Morgan fingerprint density at radius 1 is 1.10 bits per heavy atom. The third kappa shape index (κ3) is 7.72. The minimum Gasteiger partial charge on any atom is -0.454 e. The molecule has 0 saturated carbocycles. The Hall–Kier alpha value is -2.63. The topological polar surface area (TPSA) is 84.5 Å². The molecule has 6 nitrogen and oxygen atoms in total. The first kappa shape index (κ1) is 22.7. The number of benzene rings is 1. The number of nitrogens with one attached hydrogen (secondary N) is 2. The third-order valence-electron chi connectivity index (χ3n) is 5.02. The van der Waals surface area contributed by atoms with Crippen molar-refractivity contribution in [3.05, 3.63) is 47.0 Å². The second-order valence-corrected chi connectivity index (χ2v) is 7.88. The zero-order valence-corrected chi connectivity index (χ0v) is 17.6. The molecule has 0 spiro atoms. The van der Waals surface area contributed by atoms with E-state index in [0.717, 1.165) is 24.8 Å². The Labute approximate surface area is 173 Å². The van der Waals surface area contributed by atoms with Gasteiger partial charge in [-0.3, -0.25) is 9.59 Å². The lowest BCUT2D eigenvalue weighted by Crippen LogP contribution is -2.46. The van der Waals surface area contributed by atoms with Gasteiger partial charge < -0.3 is 15.4 Å². The van der Waals surface area contributed by atoms with Gasteiger partial charge in [-0.25, -0.2) is 4.79 Å². The first-order chi connectivity index (χ1) is 13.9. The summed E-state index contributed by atoms with van der Waals surface area (Å²) < 4.78 is 5.15. The Morgan fingerprint density at radius 3 is 2.45 bits per heavy atom. The van der Waals surface area contributed by atoms with Crippen molar-refractivity contribution in [2.45, 2.75) is 58.9 Å². The molecule has 0 radical (unpaired) electrons. The predicted molar refractivity (Wildman–Crippen MR) is 112 cm³/mol. The summed E-state index contributed by atoms with van der Waals surface area (Å²) in [4.78, 5) is 36.8. The lowest BCUT2D eigenvalue weighted by Gasteiger charge is -2.21. The molecule has 6 heteroatoms. The highest BCUT2D eigenvalue weighted by Gasteiger charge is 2.26. The maximum absolute atomic E-state index is 12.4. The van der Waals surface area contributed by atoms with Crippen LogP contribution in [0.5, 0.6) is 0 Å². The number of aryl methyl sites for hydroxylation is 1. The molecule has 2 rings (SSSR count). The van der Waals surface area contributed by atoms with Gasteiger partial charge in [-0.05, 0) is 57.1 Å². The SMILES string of the molecule is Cc1ccc(C(=O)NC(C(=O)OCC(=O)NCCC2=CCCCC2)C(C)C)cc1. The number of allylic oxidation sites excluding steroid dienone is 1. The first-order valence-electron chi connectivity index (χ1n) is 10.4. The summed E-state index contributed by atoms with van der Waals surface area (Å²) in [5, 5.41) is 5.49. The second kappa shape index (κ2) is 11.4. The van der Waals surface area contributed by atoms with E-state index in [1.165, 1.54) is 18.4 Å². The largest absolute Gasteiger partial charge is 0.454 e. The van der Waals surface area contributed by atoms with Gasteiger partial charge in [0.05, 0.1) is 0 Å². The summed E-state index contributed by atoms with van der Waals surface area (Å²) in [5.74, 6) is -1.45. The number of ether oxygens (including phenoxy) is 1. The fraction of sp³-hybridized carbons (Fsp3) is 0.522. The minimum absolute atomic E-state index is 0.168. The van der Waals surface area contributed by atoms with Gasteiger partial charge in [-0.2, -0.15) is 0 Å². The van der Waals surface area contributed by atoms with Gasteiger partial charge in [0.2, 0.25) is 0 Å². The van der Waals surface area contributed by atoms with Crippen molar-refractivity contribution in [3.8, 4) is 0 Å². The molecular weight excluding hydrogens is 368 g/mol. The van der Waals surface area contributed by atoms with Crippen molar-refractivity contribution in [3.63, 3.8) is 0 Å². The summed E-state index contributed by atoms with van der Waals surface area (Å²) in [6, 6.07) is 6.28. The van der Waals surface area contributed by atoms with E-state index in [4.69, 9.17) is 4.74 Å². The minimum atomic E-state index is -0.816. The second-order valence-electron chi connectivity index (χ2n) is 7.88. The van der Waals surface area contributed by atoms with Crippen LogP contribution in [0.1, 0.15) is 61.9 Å². The number of amides is 2. The fourth-order valence-electron chi connectivity index (χ4n) is 3.20. The summed E-state index contributed by atoms with van der Waals surface area (Å²) >= 11 is 0. The van der Waals surface area contributed by atoms with E-state index in [2.05, 4.69) is 16.7 Å². The van der Waals surface area contributed by atoms with Crippen LogP contribution in [0.25, 0.3) is 0 Å². The highest BCUT2D eigenvalue weighted by molar-refractivity contribution is 5.97. The standard InChI is InChI=1S/C23H32N2O4/c1-16(2)21(25-22(27)19-11-9-17(3)10-12-19)23(28)29-15-20(26)24-14-13-18-7-5-4-6-8-18/h7,9-12,16,21H,4-6,8,13-15H2,1-3H3,(H,24,26)(H,25,27). The average Bonchev–Trinajstić information content (AvgIpc) is 2.71. The molecule has 1 aromatic rings. The summed E-state index contributed by atoms with van der Waals surface area (Å²) in [6.07, 6.45) is 7.75. The summed E-state index contributed by atoms with van der Waals surface area (Å²) in [5.41, 5.74) is 2.91. The Morgan fingerprint density at radius 2 is 1.83 bits per heavy atom. The van der Waals surface area contributed by atoms with Gasteiger partial charge in [0.25, 0.3) is 11.8 Å². The van der Waals surface area contributed by atoms with E-state index in [1.54, 1.807) is 12.1 Å². The molecule has 158 valence electrons. The van der Waals surface area contributed by atoms with Crippen LogP contribution in [-0.4, -0.2) is 37.0 Å². The van der Waals surface area contributed by atoms with Gasteiger partial charge in [-0.1, -0.05) is 43.2 Å². The Kier molecular flexibility index (Phi) is 8.90. The maximum Gasteiger partial charge on any atom is 0.329 e. The molecule has 1 aliphatic rings. The molecule has 1 atom stereocenters. The molecular formula is C23H32N2O4. The molecule has 2 N–H and O–H groups in total. The summed E-state index contributed by atoms with van der Waals surface area (Å²) in [7, 11) is 0. The number of rotatable bonds is 9. The van der Waals surface area contributed by atoms with Crippen molar-refractivity contribution in [2.24, 2.45) is 5.92 Å². The van der Waals surface area contributed by atoms with E-state index in [-0.39, 0.29) is 24.3 Å². The number of carbonyl (C=O) groups is 3. The van der Waals surface area contributed by atoms with Crippen molar-refractivity contribution < 1.29 is 19.1 Å². The van der Waals surface area contributed by atoms with Gasteiger partial charge in [-0.15, -0.1) is 0 Å². The number of hydrogen-bond donors (Lipinski definition) is 2. The van der Waals surface area contributed by atoms with Crippen molar-refractivity contribution in [2.75, 3.05) is 13.2 Å². The average molecular weight is 401 g/mol. The molecule has 0 heterocycles. The van der Waals surface area contributed by atoms with Crippen LogP contribution in [0, 0.1) is 12.8 Å². The highest BCUT2D eigenvalue weighted by atomic mass is 16.5. The lowest BCUT2D eigenvalue weighted by atomic mass is 9.97. The number of esters is 1. The molecule has 0 aromatic heterocycles. The molecule has 29 heavy (non-hydrogen) atoms. The highest BCUT2D eigenvalue weighted by Crippen LogP contribution is 2.19. The van der Waals surface area contributed by atoms with Crippen LogP contribution in [0.4, 0.5) is 0 Å². The van der Waals surface area contributed by atoms with Crippen LogP contribution in [0.3, 0.4) is 0 Å².